The second-order valence-electron chi connectivity index (χ2n) is 7.94. The van der Waals surface area contributed by atoms with E-state index in [-0.39, 0.29) is 6.61 Å². The summed E-state index contributed by atoms with van der Waals surface area (Å²) in [5, 5.41) is 15.3. The van der Waals surface area contributed by atoms with Gasteiger partial charge in [0.05, 0.1) is 32.0 Å². The van der Waals surface area contributed by atoms with Gasteiger partial charge in [0.15, 0.2) is 0 Å². The predicted octanol–water partition coefficient (Wildman–Crippen LogP) is 3.73. The van der Waals surface area contributed by atoms with E-state index in [0.29, 0.717) is 50.2 Å². The van der Waals surface area contributed by atoms with E-state index in [9.17, 15) is 5.11 Å². The van der Waals surface area contributed by atoms with E-state index >= 15 is 0 Å². The molecule has 184 valence electrons. The maximum absolute atomic E-state index is 10.5. The molecular weight excluding hydrogens is 434 g/mol. The van der Waals surface area contributed by atoms with Crippen LogP contribution in [0.3, 0.4) is 0 Å². The molecule has 8 nitrogen and oxygen atoms in total. The fourth-order valence-corrected chi connectivity index (χ4v) is 3.71. The Hall–Kier alpha value is -2.91. The van der Waals surface area contributed by atoms with E-state index in [0.717, 1.165) is 16.8 Å². The summed E-state index contributed by atoms with van der Waals surface area (Å²) in [5.74, 6) is 2.00. The molecular formula is C26H35N3O5. The molecule has 1 aromatic heterocycles. The van der Waals surface area contributed by atoms with Gasteiger partial charge < -0.3 is 24.1 Å². The van der Waals surface area contributed by atoms with Gasteiger partial charge in [-0.3, -0.25) is 4.90 Å². The lowest BCUT2D eigenvalue weighted by molar-refractivity contribution is 0.0148. The Bertz CT molecular complexity index is 1010. The fraction of sp³-hybridized carbons (Fsp3) is 0.423. The van der Waals surface area contributed by atoms with Crippen LogP contribution in [0.2, 0.25) is 0 Å². The van der Waals surface area contributed by atoms with Crippen LogP contribution in [0.25, 0.3) is 11.3 Å². The molecule has 0 amide bonds. The molecule has 2 aromatic carbocycles. The summed E-state index contributed by atoms with van der Waals surface area (Å²) in [5.41, 5.74) is 2.76. The first kappa shape index (κ1) is 25.7. The van der Waals surface area contributed by atoms with Crippen molar-refractivity contribution >= 4 is 0 Å². The molecule has 3 rings (SSSR count). The largest absolute Gasteiger partial charge is 0.497 e. The maximum Gasteiger partial charge on any atom is 0.222 e. The maximum atomic E-state index is 10.5. The number of aliphatic hydroxyl groups excluding tert-OH is 1. The molecule has 8 heteroatoms. The van der Waals surface area contributed by atoms with Crippen molar-refractivity contribution in [2.45, 2.75) is 19.6 Å². The zero-order valence-corrected chi connectivity index (χ0v) is 20.4. The van der Waals surface area contributed by atoms with Crippen LogP contribution in [-0.2, 0) is 23.1 Å². The SMILES string of the molecule is CCOCC(O)CN(CCOC)Cc1c(-c2ccccc2)nn(C)c1Oc1cccc(OC)c1. The van der Waals surface area contributed by atoms with Gasteiger partial charge >= 0.3 is 0 Å². The fourth-order valence-electron chi connectivity index (χ4n) is 3.71. The van der Waals surface area contributed by atoms with Gasteiger partial charge in [0.1, 0.15) is 17.2 Å². The number of ether oxygens (including phenoxy) is 4. The summed E-state index contributed by atoms with van der Waals surface area (Å²) in [6.07, 6.45) is -0.614. The predicted molar refractivity (Wildman–Crippen MR) is 131 cm³/mol. The Morgan fingerprint density at radius 2 is 1.82 bits per heavy atom. The number of aryl methyl sites for hydroxylation is 1. The first-order valence-electron chi connectivity index (χ1n) is 11.5. The van der Waals surface area contributed by atoms with Crippen molar-refractivity contribution in [3.05, 3.63) is 60.2 Å². The quantitative estimate of drug-likeness (QED) is 0.385. The van der Waals surface area contributed by atoms with E-state index in [1.807, 2.05) is 68.6 Å². The molecule has 0 aliphatic rings. The molecule has 0 saturated heterocycles. The first-order valence-corrected chi connectivity index (χ1v) is 11.5. The normalized spacial score (nSPS) is 12.2. The smallest absolute Gasteiger partial charge is 0.222 e. The van der Waals surface area contributed by atoms with Crippen molar-refractivity contribution < 1.29 is 24.1 Å². The summed E-state index contributed by atoms with van der Waals surface area (Å²) >= 11 is 0. The molecule has 0 aliphatic heterocycles. The Labute approximate surface area is 201 Å². The molecule has 34 heavy (non-hydrogen) atoms. The highest BCUT2D eigenvalue weighted by Crippen LogP contribution is 2.35. The van der Waals surface area contributed by atoms with E-state index in [1.54, 1.807) is 18.9 Å². The molecule has 0 saturated carbocycles. The van der Waals surface area contributed by atoms with Gasteiger partial charge in [-0.25, -0.2) is 4.68 Å². The molecule has 0 fully saturated rings. The van der Waals surface area contributed by atoms with E-state index < -0.39 is 6.10 Å². The number of aliphatic hydroxyl groups is 1. The van der Waals surface area contributed by atoms with Crippen LogP contribution >= 0.6 is 0 Å². The second kappa shape index (κ2) is 13.1. The highest BCUT2D eigenvalue weighted by Gasteiger charge is 2.23. The second-order valence-corrected chi connectivity index (χ2v) is 7.94. The summed E-state index contributed by atoms with van der Waals surface area (Å²) < 4.78 is 24.2. The van der Waals surface area contributed by atoms with E-state index in [4.69, 9.17) is 24.0 Å². The Kier molecular flexibility index (Phi) is 9.90. The van der Waals surface area contributed by atoms with Crippen LogP contribution in [-0.4, -0.2) is 73.0 Å². The number of aromatic nitrogens is 2. The van der Waals surface area contributed by atoms with Crippen molar-refractivity contribution in [3.8, 4) is 28.6 Å². The van der Waals surface area contributed by atoms with Crippen molar-refractivity contribution in [2.75, 3.05) is 47.1 Å². The highest BCUT2D eigenvalue weighted by atomic mass is 16.5. The van der Waals surface area contributed by atoms with E-state index in [1.165, 1.54) is 0 Å². The molecule has 1 atom stereocenters. The van der Waals surface area contributed by atoms with Gasteiger partial charge in [0.25, 0.3) is 0 Å². The lowest BCUT2D eigenvalue weighted by Crippen LogP contribution is -2.36. The highest BCUT2D eigenvalue weighted by molar-refractivity contribution is 5.65. The molecule has 1 unspecified atom stereocenters. The summed E-state index contributed by atoms with van der Waals surface area (Å²) in [4.78, 5) is 2.13. The van der Waals surface area contributed by atoms with Gasteiger partial charge in [-0.1, -0.05) is 36.4 Å². The minimum absolute atomic E-state index is 0.283. The van der Waals surface area contributed by atoms with Crippen LogP contribution in [0.5, 0.6) is 17.4 Å². The molecule has 0 spiro atoms. The minimum Gasteiger partial charge on any atom is -0.497 e. The molecule has 0 bridgehead atoms. The van der Waals surface area contributed by atoms with Crippen molar-refractivity contribution in [3.63, 3.8) is 0 Å². The third-order valence-electron chi connectivity index (χ3n) is 5.37. The van der Waals surface area contributed by atoms with Gasteiger partial charge in [-0.2, -0.15) is 5.10 Å². The van der Waals surface area contributed by atoms with Crippen molar-refractivity contribution in [1.82, 2.24) is 14.7 Å². The zero-order valence-electron chi connectivity index (χ0n) is 20.4. The van der Waals surface area contributed by atoms with Gasteiger partial charge in [-0.15, -0.1) is 0 Å². The Morgan fingerprint density at radius 1 is 1.06 bits per heavy atom. The molecule has 1 N–H and O–H groups in total. The monoisotopic (exact) mass is 469 g/mol. The van der Waals surface area contributed by atoms with Crippen LogP contribution in [0.4, 0.5) is 0 Å². The Morgan fingerprint density at radius 3 is 2.53 bits per heavy atom. The topological polar surface area (TPSA) is 78.2 Å². The third-order valence-corrected chi connectivity index (χ3v) is 5.37. The number of nitrogens with zero attached hydrogens (tertiary/aromatic N) is 3. The minimum atomic E-state index is -0.614. The van der Waals surface area contributed by atoms with Crippen LogP contribution < -0.4 is 9.47 Å². The van der Waals surface area contributed by atoms with Crippen molar-refractivity contribution in [2.24, 2.45) is 7.05 Å². The number of rotatable bonds is 14. The number of benzene rings is 2. The average molecular weight is 470 g/mol. The summed E-state index contributed by atoms with van der Waals surface area (Å²) in [6, 6.07) is 17.5. The lowest BCUT2D eigenvalue weighted by atomic mass is 10.1. The zero-order chi connectivity index (χ0) is 24.3. The molecule has 0 radical (unpaired) electrons. The molecule has 3 aromatic rings. The van der Waals surface area contributed by atoms with Crippen LogP contribution in [0, 0.1) is 0 Å². The summed E-state index contributed by atoms with van der Waals surface area (Å²) in [6.45, 7) is 4.89. The number of hydrogen-bond donors (Lipinski definition) is 1. The average Bonchev–Trinajstić information content (AvgIpc) is 3.16. The van der Waals surface area contributed by atoms with Gasteiger partial charge in [-0.05, 0) is 19.1 Å². The van der Waals surface area contributed by atoms with E-state index in [2.05, 4.69) is 4.90 Å². The van der Waals surface area contributed by atoms with Crippen molar-refractivity contribution in [1.29, 1.82) is 0 Å². The standard InChI is InChI=1S/C26H35N3O5/c1-5-33-19-21(30)17-29(14-15-31-3)18-24-25(20-10-7-6-8-11-20)27-28(2)26(24)34-23-13-9-12-22(16-23)32-4/h6-13,16,21,30H,5,14-15,17-19H2,1-4H3. The van der Waals surface area contributed by atoms with Crippen LogP contribution in [0.15, 0.2) is 54.6 Å². The lowest BCUT2D eigenvalue weighted by Gasteiger charge is -2.25. The first-order chi connectivity index (χ1) is 16.5. The molecule has 1 heterocycles. The number of methoxy groups -OCH3 is 2. The van der Waals surface area contributed by atoms with Gasteiger partial charge in [0.2, 0.25) is 5.88 Å². The molecule has 0 aliphatic carbocycles. The summed E-state index contributed by atoms with van der Waals surface area (Å²) in [7, 11) is 5.17. The van der Waals surface area contributed by atoms with Crippen LogP contribution in [0.1, 0.15) is 12.5 Å². The third kappa shape index (κ3) is 7.04. The van der Waals surface area contributed by atoms with Gasteiger partial charge in [0, 0.05) is 52.0 Å². The number of hydrogen-bond acceptors (Lipinski definition) is 7. The Balaban J connectivity index is 1.96.